The Balaban J connectivity index is 1.00. The normalized spacial score (nSPS) is 28.4. The summed E-state index contributed by atoms with van der Waals surface area (Å²) in [6.07, 6.45) is 1.30. The molecule has 6 rings (SSSR count). The summed E-state index contributed by atoms with van der Waals surface area (Å²) in [5.41, 5.74) is 5.75. The van der Waals surface area contributed by atoms with Crippen LogP contribution >= 0.6 is 0 Å². The fraction of sp³-hybridized carbons (Fsp3) is 0.625. The van der Waals surface area contributed by atoms with E-state index >= 15 is 0 Å². The van der Waals surface area contributed by atoms with E-state index in [1.807, 2.05) is 26.0 Å². The summed E-state index contributed by atoms with van der Waals surface area (Å²) >= 11 is 0. The van der Waals surface area contributed by atoms with Crippen LogP contribution in [0.15, 0.2) is 83.4 Å². The van der Waals surface area contributed by atoms with E-state index in [-0.39, 0.29) is 49.1 Å². The fourth-order valence-electron chi connectivity index (χ4n) is 10.7. The third-order valence-electron chi connectivity index (χ3n) is 15.1. The van der Waals surface area contributed by atoms with Gasteiger partial charge >= 0.3 is 6.09 Å². The lowest BCUT2D eigenvalue weighted by molar-refractivity contribution is -0.610. The molecule has 4 heterocycles. The zero-order valence-electron chi connectivity index (χ0n) is 45.7. The summed E-state index contributed by atoms with van der Waals surface area (Å²) in [4.78, 5) is 26.9. The van der Waals surface area contributed by atoms with Crippen molar-refractivity contribution in [3.05, 3.63) is 95.2 Å². The number of carbonyl (C=O) groups is 2. The van der Waals surface area contributed by atoms with Crippen molar-refractivity contribution in [1.82, 2.24) is 10.6 Å². The molecule has 9 N–H and O–H groups in total. The summed E-state index contributed by atoms with van der Waals surface area (Å²) in [6.45, 7) is 11.2. The van der Waals surface area contributed by atoms with Gasteiger partial charge in [-0.05, 0) is 55.2 Å². The topological polar surface area (TPSA) is 296 Å². The zero-order valence-corrected chi connectivity index (χ0v) is 46.6. The zero-order chi connectivity index (χ0) is 56.8. The average Bonchev–Trinajstić information content (AvgIpc) is 3.93. The van der Waals surface area contributed by atoms with Gasteiger partial charge < -0.3 is 74.6 Å². The first-order valence-corrected chi connectivity index (χ1v) is 28.7. The number of aliphatic hydroxyl groups excluding tert-OH is 6. The van der Waals surface area contributed by atoms with Crippen molar-refractivity contribution in [2.45, 2.75) is 170 Å². The van der Waals surface area contributed by atoms with Crippen molar-refractivity contribution in [3.8, 4) is 0 Å². The molecule has 11 atom stereocenters. The Hall–Kier alpha value is -4.66. The van der Waals surface area contributed by atoms with Crippen molar-refractivity contribution in [2.24, 2.45) is 0 Å². The molecule has 0 saturated carbocycles. The molecule has 0 radical (unpaired) electrons. The summed E-state index contributed by atoms with van der Waals surface area (Å²) in [5.74, 6) is -0.166. The van der Waals surface area contributed by atoms with Crippen molar-refractivity contribution in [3.63, 3.8) is 0 Å². The molecule has 4 aliphatic heterocycles. The van der Waals surface area contributed by atoms with Crippen molar-refractivity contribution < 1.29 is 86.2 Å². The minimum atomic E-state index is -4.44. The van der Waals surface area contributed by atoms with E-state index in [9.17, 15) is 53.2 Å². The number of hydrogen-bond acceptors (Lipinski definition) is 17. The van der Waals surface area contributed by atoms with Crippen LogP contribution in [-0.4, -0.2) is 187 Å². The number of nitrogens with one attached hydrogen (secondary N) is 2. The molecule has 0 aromatic heterocycles. The minimum absolute atomic E-state index is 0.0215. The molecule has 1 unspecified atom stereocenters. The molecule has 78 heavy (non-hydrogen) atoms. The van der Waals surface area contributed by atoms with Crippen LogP contribution in [0.25, 0.3) is 0 Å². The fourth-order valence-corrected chi connectivity index (χ4v) is 11.2. The van der Waals surface area contributed by atoms with Gasteiger partial charge in [0.2, 0.25) is 11.6 Å². The SMILES string of the molecule is CCCC[N+]1=C(/C=C/C=C/C=C2\N(CCCCCC(=O)NCCOCCO[C@H]3O[C@@H](CO)[C@@H](O)[C@H](O)[C@@H]3O[C@H]3O[C@H](CO)[C@@H](O)[C@H](O)[C@@H]3OC(=O)NC)c3ccc(S(=O)(=O)O)cc3C2(C)C)c2ccccc2C1(C)CCCC. The predicted octanol–water partition coefficient (Wildman–Crippen LogP) is 3.45. The number of nitrogens with zero attached hydrogens (tertiary/aromatic N) is 2. The van der Waals surface area contributed by atoms with Crippen LogP contribution in [-0.2, 0) is 54.3 Å². The second kappa shape index (κ2) is 28.7. The van der Waals surface area contributed by atoms with Gasteiger partial charge in [-0.3, -0.25) is 9.35 Å². The van der Waals surface area contributed by atoms with Gasteiger partial charge in [0.1, 0.15) is 49.3 Å². The summed E-state index contributed by atoms with van der Waals surface area (Å²) < 4.78 is 70.7. The highest BCUT2D eigenvalue weighted by atomic mass is 32.2. The maximum Gasteiger partial charge on any atom is 0.407 e. The molecule has 2 fully saturated rings. The quantitative estimate of drug-likeness (QED) is 0.0255. The number of aliphatic hydroxyl groups is 6. The number of amides is 2. The predicted molar refractivity (Wildman–Crippen MR) is 288 cm³/mol. The monoisotopic (exact) mass is 1120 g/mol. The van der Waals surface area contributed by atoms with Gasteiger partial charge in [-0.2, -0.15) is 8.42 Å². The second-order valence-corrected chi connectivity index (χ2v) is 22.2. The van der Waals surface area contributed by atoms with Crippen LogP contribution in [0, 0.1) is 0 Å². The van der Waals surface area contributed by atoms with Crippen molar-refractivity contribution >= 4 is 33.5 Å². The number of alkyl carbamates (subject to hydrolysis) is 1. The molecule has 2 amide bonds. The van der Waals surface area contributed by atoms with E-state index in [2.05, 4.69) is 83.4 Å². The summed E-state index contributed by atoms with van der Waals surface area (Å²) in [5, 5.41) is 67.3. The maximum absolute atomic E-state index is 12.8. The summed E-state index contributed by atoms with van der Waals surface area (Å²) in [7, 11) is -3.18. The van der Waals surface area contributed by atoms with E-state index in [0.717, 1.165) is 68.4 Å². The van der Waals surface area contributed by atoms with Crippen molar-refractivity contribution in [2.75, 3.05) is 64.6 Å². The molecule has 2 aromatic rings. The molecular formula is C56H83N4O17S+. The first kappa shape index (κ1) is 62.5. The van der Waals surface area contributed by atoms with Crippen LogP contribution in [0.1, 0.15) is 109 Å². The highest BCUT2D eigenvalue weighted by molar-refractivity contribution is 7.85. The lowest BCUT2D eigenvalue weighted by Gasteiger charge is -2.46. The van der Waals surface area contributed by atoms with Gasteiger partial charge in [0, 0.05) is 74.8 Å². The molecule has 2 aromatic carbocycles. The Kier molecular flexibility index (Phi) is 23.0. The largest absolute Gasteiger partial charge is 0.438 e. The van der Waals surface area contributed by atoms with Crippen molar-refractivity contribution in [1.29, 1.82) is 0 Å². The molecule has 2 saturated heterocycles. The number of unbranched alkanes of at least 4 members (excludes halogenated alkanes) is 4. The number of allylic oxidation sites excluding steroid dienone is 6. The van der Waals surface area contributed by atoms with Crippen LogP contribution in [0.3, 0.4) is 0 Å². The van der Waals surface area contributed by atoms with E-state index in [1.165, 1.54) is 30.0 Å². The van der Waals surface area contributed by atoms with Gasteiger partial charge in [-0.15, -0.1) is 0 Å². The van der Waals surface area contributed by atoms with Crippen LogP contribution < -0.4 is 15.5 Å². The third kappa shape index (κ3) is 14.8. The molecule has 22 heteroatoms. The number of ether oxygens (including phenoxy) is 6. The first-order chi connectivity index (χ1) is 37.3. The lowest BCUT2D eigenvalue weighted by atomic mass is 9.83. The number of fused-ring (bicyclic) bond motifs is 2. The Morgan fingerprint density at radius 3 is 2.18 bits per heavy atom. The molecule has 0 aliphatic carbocycles. The van der Waals surface area contributed by atoms with E-state index in [0.29, 0.717) is 13.0 Å². The highest BCUT2D eigenvalue weighted by Gasteiger charge is 2.53. The maximum atomic E-state index is 12.8. The molecule has 0 bridgehead atoms. The van der Waals surface area contributed by atoms with Crippen LogP contribution in [0.2, 0.25) is 0 Å². The Bertz CT molecular complexity index is 2560. The lowest BCUT2D eigenvalue weighted by Crippen LogP contribution is -2.65. The standard InChI is InChI=1S/C56H82N4O17S/c1-7-9-26-56(5)38-20-17-16-19-37(38)40(60(56)29-10-8-2)21-13-11-14-22-44-55(3,4)39-33-36(78(69,70)71)24-25-41(39)59(44)28-18-12-15-23-45(63)58-27-30-72-31-32-73-52-50(48(66)46(64)42(34-61)74-52)76-53-51(77-54(68)57-6)49(67)47(65)43(35-62)75-53/h11,13-14,16-17,19-22,24-25,33,42-43,46-53,61-62,64-67H,7-10,12,15,18,23,26-32,34-35H2,1-6H3,(H2-,57,58,63,68,69,70,71)/p+1/t42-,43+,46+,47+,48-,49-,50-,51-,52-,53+,56?/m0/s1. The molecule has 434 valence electrons. The van der Waals surface area contributed by atoms with Gasteiger partial charge in [0.25, 0.3) is 10.1 Å². The Labute approximate surface area is 458 Å². The van der Waals surface area contributed by atoms with E-state index < -0.39 is 96.3 Å². The van der Waals surface area contributed by atoms with Gasteiger partial charge in [-0.1, -0.05) is 83.4 Å². The van der Waals surface area contributed by atoms with E-state index in [4.69, 9.17) is 28.4 Å². The number of benzene rings is 2. The average molecular weight is 1120 g/mol. The molecular weight excluding hydrogens is 1030 g/mol. The number of carbonyl (C=O) groups excluding carboxylic acids is 2. The molecule has 0 spiro atoms. The van der Waals surface area contributed by atoms with Crippen LogP contribution in [0.4, 0.5) is 10.5 Å². The van der Waals surface area contributed by atoms with Gasteiger partial charge in [-0.25, -0.2) is 9.37 Å². The second-order valence-electron chi connectivity index (χ2n) is 20.8. The Morgan fingerprint density at radius 2 is 1.50 bits per heavy atom. The minimum Gasteiger partial charge on any atom is -0.438 e. The molecule has 21 nitrogen and oxygen atoms in total. The number of rotatable bonds is 28. The van der Waals surface area contributed by atoms with Gasteiger partial charge in [0.05, 0.1) is 43.5 Å². The third-order valence-corrected chi connectivity index (χ3v) is 15.9. The summed E-state index contributed by atoms with van der Waals surface area (Å²) in [6, 6.07) is 13.4. The van der Waals surface area contributed by atoms with Crippen LogP contribution in [0.5, 0.6) is 0 Å². The number of anilines is 1. The first-order valence-electron chi connectivity index (χ1n) is 27.2. The van der Waals surface area contributed by atoms with E-state index in [1.54, 1.807) is 12.1 Å². The number of hydrogen-bond donors (Lipinski definition) is 9. The Morgan fingerprint density at radius 1 is 0.808 bits per heavy atom. The smallest absolute Gasteiger partial charge is 0.407 e. The highest BCUT2D eigenvalue weighted by Crippen LogP contribution is 2.49. The van der Waals surface area contributed by atoms with Gasteiger partial charge in [0.15, 0.2) is 24.2 Å². The molecule has 4 aliphatic rings.